The topological polar surface area (TPSA) is 60.9 Å². The average Bonchev–Trinajstić information content (AvgIpc) is 2.98. The number of amides is 1. The zero-order valence-corrected chi connectivity index (χ0v) is 23.1. The lowest BCUT2D eigenvalue weighted by Gasteiger charge is -2.43. The Morgan fingerprint density at radius 1 is 1.00 bits per heavy atom. The summed E-state index contributed by atoms with van der Waals surface area (Å²) in [6.07, 6.45) is 3.66. The van der Waals surface area contributed by atoms with E-state index in [2.05, 4.69) is 25.0 Å². The van der Waals surface area contributed by atoms with Crippen LogP contribution in [0.3, 0.4) is 0 Å². The molecule has 7 nitrogen and oxygen atoms in total. The second kappa shape index (κ2) is 13.4. The number of anilines is 1. The molecule has 1 aromatic heterocycles. The number of halogens is 3. The maximum atomic E-state index is 13.5. The van der Waals surface area contributed by atoms with Gasteiger partial charge in [-0.05, 0) is 61.8 Å². The highest BCUT2D eigenvalue weighted by molar-refractivity contribution is 6.33. The molecule has 0 spiro atoms. The van der Waals surface area contributed by atoms with Crippen molar-refractivity contribution in [3.05, 3.63) is 88.6 Å². The summed E-state index contributed by atoms with van der Waals surface area (Å²) in [5, 5.41) is 3.31. The van der Waals surface area contributed by atoms with E-state index < -0.39 is 11.6 Å². The first kappa shape index (κ1) is 28.3. The summed E-state index contributed by atoms with van der Waals surface area (Å²) in [5.41, 5.74) is 1.22. The Morgan fingerprint density at radius 3 is 2.45 bits per heavy atom. The Balaban J connectivity index is 0.00000387. The number of carbonyl (C=O) groups is 1. The average molecular weight is 572 g/mol. The summed E-state index contributed by atoms with van der Waals surface area (Å²) < 4.78 is 32.4. The zero-order valence-electron chi connectivity index (χ0n) is 22.4. The molecule has 5 rings (SSSR count). The molecule has 0 unspecified atom stereocenters. The van der Waals surface area contributed by atoms with Gasteiger partial charge in [0.05, 0.1) is 17.1 Å². The highest BCUT2D eigenvalue weighted by Gasteiger charge is 2.28. The fraction of sp³-hybridized carbons (Fsp3) is 0.400. The molecule has 0 saturated carbocycles. The monoisotopic (exact) mass is 571 g/mol. The van der Waals surface area contributed by atoms with Crippen molar-refractivity contribution in [3.63, 3.8) is 0 Å². The number of rotatable bonds is 9. The van der Waals surface area contributed by atoms with Gasteiger partial charge in [0.1, 0.15) is 18.2 Å². The van der Waals surface area contributed by atoms with E-state index in [1.807, 2.05) is 30.3 Å². The molecule has 2 saturated heterocycles. The van der Waals surface area contributed by atoms with Crippen molar-refractivity contribution in [1.82, 2.24) is 20.1 Å². The minimum Gasteiger partial charge on any atom is -0.492 e. The van der Waals surface area contributed by atoms with Crippen LogP contribution < -0.4 is 15.0 Å². The van der Waals surface area contributed by atoms with Gasteiger partial charge in [-0.15, -0.1) is 0 Å². The molecular formula is C30H36ClF2N5O2. The van der Waals surface area contributed by atoms with E-state index in [9.17, 15) is 13.6 Å². The minimum atomic E-state index is -0.805. The van der Waals surface area contributed by atoms with Crippen molar-refractivity contribution in [2.24, 2.45) is 0 Å². The van der Waals surface area contributed by atoms with E-state index in [4.69, 9.17) is 16.3 Å². The Hall–Kier alpha value is -3.27. The first-order valence-electron chi connectivity index (χ1n) is 13.7. The van der Waals surface area contributed by atoms with Crippen LogP contribution in [0.1, 0.15) is 30.2 Å². The van der Waals surface area contributed by atoms with Gasteiger partial charge in [-0.2, -0.15) is 0 Å². The van der Waals surface area contributed by atoms with Crippen LogP contribution in [0.2, 0.25) is 5.02 Å². The minimum absolute atomic E-state index is 0. The largest absolute Gasteiger partial charge is 0.492 e. The number of likely N-dealkylation sites (tertiary alicyclic amines) is 1. The molecule has 0 atom stereocenters. The van der Waals surface area contributed by atoms with Crippen molar-refractivity contribution in [2.45, 2.75) is 25.4 Å². The number of para-hydroxylation sites is 1. The predicted molar refractivity (Wildman–Crippen MR) is 154 cm³/mol. The summed E-state index contributed by atoms with van der Waals surface area (Å²) in [5.74, 6) is -0.372. The molecule has 0 aliphatic carbocycles. The predicted octanol–water partition coefficient (Wildman–Crippen LogP) is 4.85. The van der Waals surface area contributed by atoms with Crippen LogP contribution in [0.5, 0.6) is 5.75 Å². The van der Waals surface area contributed by atoms with Crippen LogP contribution in [0, 0.1) is 11.6 Å². The van der Waals surface area contributed by atoms with Gasteiger partial charge < -0.3 is 15.0 Å². The van der Waals surface area contributed by atoms with Crippen LogP contribution in [0.25, 0.3) is 0 Å². The Kier molecular flexibility index (Phi) is 9.46. The Bertz CT molecular complexity index is 1290. The van der Waals surface area contributed by atoms with Crippen molar-refractivity contribution >= 4 is 23.3 Å². The summed E-state index contributed by atoms with van der Waals surface area (Å²) in [7, 11) is 0. The highest BCUT2D eigenvalue weighted by Crippen LogP contribution is 2.27. The normalized spacial score (nSPS) is 17.1. The number of benzene rings is 2. The van der Waals surface area contributed by atoms with E-state index in [1.165, 1.54) is 12.1 Å². The van der Waals surface area contributed by atoms with Crippen LogP contribution in [-0.2, 0) is 6.54 Å². The van der Waals surface area contributed by atoms with Gasteiger partial charge >= 0.3 is 0 Å². The van der Waals surface area contributed by atoms with E-state index in [0.717, 1.165) is 63.4 Å². The maximum absolute atomic E-state index is 13.5. The molecule has 2 aliphatic rings. The van der Waals surface area contributed by atoms with Gasteiger partial charge in [0.15, 0.2) is 11.6 Å². The van der Waals surface area contributed by atoms with E-state index in [1.54, 1.807) is 18.3 Å². The number of hydrogen-bond donors (Lipinski definition) is 1. The van der Waals surface area contributed by atoms with Gasteiger partial charge in [0.2, 0.25) is 0 Å². The third-order valence-corrected chi connectivity index (χ3v) is 7.84. The fourth-order valence-corrected chi connectivity index (χ4v) is 5.66. The molecule has 0 radical (unpaired) electrons. The number of aromatic nitrogens is 1. The Morgan fingerprint density at radius 2 is 1.75 bits per heavy atom. The number of ether oxygens (including phenoxy) is 1. The maximum Gasteiger partial charge on any atom is 0.253 e. The van der Waals surface area contributed by atoms with E-state index in [-0.39, 0.29) is 7.33 Å². The summed E-state index contributed by atoms with van der Waals surface area (Å²) >= 11 is 6.56. The second-order valence-corrected chi connectivity index (χ2v) is 10.6. The lowest BCUT2D eigenvalue weighted by atomic mass is 10.0. The quantitative estimate of drug-likeness (QED) is 0.370. The summed E-state index contributed by atoms with van der Waals surface area (Å²) in [4.78, 5) is 24.1. The molecule has 40 heavy (non-hydrogen) atoms. The molecule has 214 valence electrons. The third kappa shape index (κ3) is 7.27. The Labute approximate surface area is 240 Å². The molecular weight excluding hydrogens is 536 g/mol. The van der Waals surface area contributed by atoms with Crippen molar-refractivity contribution in [1.29, 1.82) is 0 Å². The first-order chi connectivity index (χ1) is 19.5. The SMILES string of the molecule is O=C(NCCOc1ccccc1)c1cnc(N2CCN(C3CCN(Cc4ccc(F)c(F)c4)CC3)CC2)c(Cl)c1.[HH]. The zero-order chi connectivity index (χ0) is 27.9. The van der Waals surface area contributed by atoms with Crippen LogP contribution in [-0.4, -0.2) is 79.2 Å². The number of hydrogen-bond acceptors (Lipinski definition) is 6. The van der Waals surface area contributed by atoms with Gasteiger partial charge in [0.25, 0.3) is 5.91 Å². The molecule has 10 heteroatoms. The standard InChI is InChI=1S/C30H34ClF2N5O2.H2/c31-26-19-23(30(39)34-10-17-40-25-4-2-1-3-5-25)20-35-29(26)38-15-13-37(14-16-38)24-8-11-36(12-9-24)21-22-6-7-27(32)28(33)18-22;/h1-7,18-20,24H,8-17,21H2,(H,34,39);1H. The number of nitrogens with zero attached hydrogens (tertiary/aromatic N) is 4. The molecule has 3 heterocycles. The van der Waals surface area contributed by atoms with E-state index in [0.29, 0.717) is 42.1 Å². The summed E-state index contributed by atoms with van der Waals surface area (Å²) in [6.45, 7) is 6.68. The third-order valence-electron chi connectivity index (χ3n) is 7.56. The number of carbonyl (C=O) groups excluding carboxylic acids is 1. The highest BCUT2D eigenvalue weighted by atomic mass is 35.5. The smallest absolute Gasteiger partial charge is 0.253 e. The van der Waals surface area contributed by atoms with Crippen LogP contribution >= 0.6 is 11.6 Å². The molecule has 2 fully saturated rings. The fourth-order valence-electron chi connectivity index (χ4n) is 5.38. The van der Waals surface area contributed by atoms with Gasteiger partial charge in [-0.25, -0.2) is 13.8 Å². The van der Waals surface area contributed by atoms with Gasteiger partial charge in [-0.3, -0.25) is 14.6 Å². The van der Waals surface area contributed by atoms with E-state index >= 15 is 0 Å². The molecule has 3 aromatic rings. The lowest BCUT2D eigenvalue weighted by Crippen LogP contribution is -2.53. The summed E-state index contributed by atoms with van der Waals surface area (Å²) in [6, 6.07) is 15.8. The number of pyridine rings is 1. The first-order valence-corrected chi connectivity index (χ1v) is 14.1. The van der Waals surface area contributed by atoms with Crippen molar-refractivity contribution < 1.29 is 19.7 Å². The molecule has 1 amide bonds. The molecule has 0 bridgehead atoms. The van der Waals surface area contributed by atoms with Gasteiger partial charge in [-0.1, -0.05) is 35.9 Å². The number of piperidine rings is 1. The lowest BCUT2D eigenvalue weighted by molar-refractivity contribution is 0.0946. The number of nitrogens with one attached hydrogen (secondary N) is 1. The van der Waals surface area contributed by atoms with Gasteiger partial charge in [0, 0.05) is 46.4 Å². The second-order valence-electron chi connectivity index (χ2n) is 10.2. The van der Waals surface area contributed by atoms with Crippen molar-refractivity contribution in [3.8, 4) is 5.75 Å². The van der Waals surface area contributed by atoms with Crippen LogP contribution in [0.15, 0.2) is 60.8 Å². The molecule has 2 aliphatic heterocycles. The van der Waals surface area contributed by atoms with Crippen molar-refractivity contribution in [2.75, 3.05) is 57.3 Å². The van der Waals surface area contributed by atoms with Crippen LogP contribution in [0.4, 0.5) is 14.6 Å². The number of piperazine rings is 1. The molecule has 1 N–H and O–H groups in total. The molecule has 2 aromatic carbocycles.